The molecular weight excluding hydrogens is 660 g/mol. The van der Waals surface area contributed by atoms with Crippen LogP contribution >= 0.6 is 0 Å². The second-order valence-corrected chi connectivity index (χ2v) is 15.3. The van der Waals surface area contributed by atoms with Crippen molar-refractivity contribution in [3.8, 4) is 0 Å². The topological polar surface area (TPSA) is 138 Å². The maximum atomic E-state index is 14.1. The second kappa shape index (κ2) is 21.5. The minimum absolute atomic E-state index is 0.00660. The van der Waals surface area contributed by atoms with Crippen LogP contribution in [0.4, 0.5) is 0 Å². The Hall–Kier alpha value is -3.12. The predicted octanol–water partition coefficient (Wildman–Crippen LogP) is 5.14. The third-order valence-corrected chi connectivity index (χ3v) is 10.9. The Labute approximate surface area is 313 Å². The van der Waals surface area contributed by atoms with E-state index in [1.165, 1.54) is 0 Å². The molecule has 11 heteroatoms. The number of methoxy groups -OCH3 is 2. The summed E-state index contributed by atoms with van der Waals surface area (Å²) in [4.78, 5) is 58.2. The predicted molar refractivity (Wildman–Crippen MR) is 205 cm³/mol. The molecule has 294 valence electrons. The average Bonchev–Trinajstić information content (AvgIpc) is 3.61. The van der Waals surface area contributed by atoms with Gasteiger partial charge in [0.15, 0.2) is 0 Å². The summed E-state index contributed by atoms with van der Waals surface area (Å²) in [7, 11) is 6.57. The zero-order valence-electron chi connectivity index (χ0n) is 33.8. The zero-order chi connectivity index (χ0) is 39.3. The normalized spacial score (nSPS) is 18.5. The Kier molecular flexibility index (Phi) is 18.7. The van der Waals surface area contributed by atoms with E-state index in [1.54, 1.807) is 38.1 Å². The highest BCUT2D eigenvalue weighted by atomic mass is 16.5. The number of hydrogen-bond donors (Lipinski definition) is 3. The fourth-order valence-electron chi connectivity index (χ4n) is 7.36. The summed E-state index contributed by atoms with van der Waals surface area (Å²) in [5.74, 6) is -1.41. The number of carbonyl (C=O) groups is 4. The van der Waals surface area contributed by atoms with Crippen molar-refractivity contribution < 1.29 is 33.8 Å². The van der Waals surface area contributed by atoms with E-state index in [0.29, 0.717) is 25.1 Å². The summed E-state index contributed by atoms with van der Waals surface area (Å²) in [5.41, 5.74) is 1.49. The van der Waals surface area contributed by atoms with Crippen molar-refractivity contribution in [2.45, 2.75) is 124 Å². The molecule has 0 spiro atoms. The van der Waals surface area contributed by atoms with Gasteiger partial charge in [0.1, 0.15) is 17.9 Å². The first-order valence-electron chi connectivity index (χ1n) is 19.1. The maximum absolute atomic E-state index is 14.1. The number of carbonyl (C=O) groups excluding carboxylic acids is 4. The number of likely N-dealkylation sites (N-methyl/N-ethyl adjacent to an activating group) is 2. The van der Waals surface area contributed by atoms with Crippen molar-refractivity contribution in [3.63, 3.8) is 0 Å². The Morgan fingerprint density at radius 2 is 1.54 bits per heavy atom. The van der Waals surface area contributed by atoms with E-state index in [9.17, 15) is 24.3 Å². The fraction of sp³-hybridized carbons (Fsp3) is 0.707. The fourth-order valence-corrected chi connectivity index (χ4v) is 7.36. The lowest BCUT2D eigenvalue weighted by molar-refractivity contribution is -0.145. The molecule has 11 nitrogen and oxygen atoms in total. The SMILES string of the molecule is CCC(C)[C@@H]([C@@H](CC(=O)N1CCC=C1[C@H](OC)[C@@H](C)C(=O)CC[C@H](C)[C@@H](O)c1ccccc1)OC)N(C)C(=O)[C@@H](NC(=O)[C@@H](NC)C(C)C)C(C)C. The van der Waals surface area contributed by atoms with Crippen LogP contribution in [-0.2, 0) is 28.7 Å². The second-order valence-electron chi connectivity index (χ2n) is 15.3. The number of rotatable bonds is 22. The first kappa shape index (κ1) is 45.0. The minimum Gasteiger partial charge on any atom is -0.388 e. The Balaban J connectivity index is 2.21. The van der Waals surface area contributed by atoms with Crippen molar-refractivity contribution in [1.29, 1.82) is 0 Å². The molecule has 0 aliphatic carbocycles. The van der Waals surface area contributed by atoms with Crippen molar-refractivity contribution in [1.82, 2.24) is 20.4 Å². The average molecular weight is 729 g/mol. The van der Waals surface area contributed by atoms with Gasteiger partial charge >= 0.3 is 0 Å². The third kappa shape index (κ3) is 11.7. The quantitative estimate of drug-likeness (QED) is 0.150. The van der Waals surface area contributed by atoms with E-state index < -0.39 is 42.4 Å². The van der Waals surface area contributed by atoms with Gasteiger partial charge in [-0.2, -0.15) is 0 Å². The Morgan fingerprint density at radius 1 is 0.923 bits per heavy atom. The molecule has 1 unspecified atom stereocenters. The Morgan fingerprint density at radius 3 is 2.06 bits per heavy atom. The molecule has 3 amide bonds. The molecular formula is C41H68N4O7. The van der Waals surface area contributed by atoms with Gasteiger partial charge in [-0.3, -0.25) is 19.2 Å². The summed E-state index contributed by atoms with van der Waals surface area (Å²) in [5, 5.41) is 16.8. The van der Waals surface area contributed by atoms with Crippen LogP contribution in [0.3, 0.4) is 0 Å². The van der Waals surface area contributed by atoms with E-state index in [4.69, 9.17) is 9.47 Å². The number of amides is 3. The van der Waals surface area contributed by atoms with Crippen LogP contribution in [0.1, 0.15) is 99.2 Å². The molecule has 0 saturated carbocycles. The van der Waals surface area contributed by atoms with Crippen molar-refractivity contribution in [2.75, 3.05) is 34.9 Å². The number of ketones is 1. The number of hydrogen-bond acceptors (Lipinski definition) is 8. The maximum Gasteiger partial charge on any atom is 0.245 e. The van der Waals surface area contributed by atoms with Crippen LogP contribution in [0.5, 0.6) is 0 Å². The lowest BCUT2D eigenvalue weighted by atomic mass is 9.88. The monoisotopic (exact) mass is 729 g/mol. The lowest BCUT2D eigenvalue weighted by Gasteiger charge is -2.40. The minimum atomic E-state index is -0.758. The number of nitrogens with one attached hydrogen (secondary N) is 2. The van der Waals surface area contributed by atoms with Gasteiger partial charge < -0.3 is 35.0 Å². The van der Waals surface area contributed by atoms with Gasteiger partial charge in [0.05, 0.1) is 30.7 Å². The van der Waals surface area contributed by atoms with E-state index in [0.717, 1.165) is 12.0 Å². The standard InChI is InChI=1S/C41H68N4O7/c1-13-27(6)37(44(10)41(50)36(26(4)5)43-40(49)35(42-9)25(2)3)33(51-11)24-34(47)45-23-17-20-31(45)39(52-12)29(8)32(46)22-21-28(7)38(48)30-18-15-14-16-19-30/h14-16,18-20,25-29,33,35-39,42,48H,13,17,21-24H2,1-12H3,(H,43,49)/t27?,28-,29-,33+,35-,36-,37-,38+,39+/m0/s1. The van der Waals surface area contributed by atoms with Crippen LogP contribution < -0.4 is 10.6 Å². The molecule has 1 heterocycles. The van der Waals surface area contributed by atoms with Crippen LogP contribution in [0, 0.1) is 29.6 Å². The molecule has 0 radical (unpaired) electrons. The number of Topliss-reactive ketones (excluding diaryl/α,β-unsaturated/α-hetero) is 1. The van der Waals surface area contributed by atoms with Gasteiger partial charge in [-0.05, 0) is 49.1 Å². The molecule has 1 aliphatic heterocycles. The number of aliphatic hydroxyl groups excluding tert-OH is 1. The molecule has 1 aromatic rings. The van der Waals surface area contributed by atoms with E-state index in [-0.39, 0.29) is 60.0 Å². The number of benzene rings is 1. The van der Waals surface area contributed by atoms with Gasteiger partial charge in [-0.25, -0.2) is 0 Å². The largest absolute Gasteiger partial charge is 0.388 e. The number of ether oxygens (including phenoxy) is 2. The molecule has 0 bridgehead atoms. The lowest BCUT2D eigenvalue weighted by Crippen LogP contribution is -2.59. The van der Waals surface area contributed by atoms with E-state index >= 15 is 0 Å². The summed E-state index contributed by atoms with van der Waals surface area (Å²) >= 11 is 0. The van der Waals surface area contributed by atoms with Crippen LogP contribution in [0.2, 0.25) is 0 Å². The Bertz CT molecular complexity index is 1320. The zero-order valence-corrected chi connectivity index (χ0v) is 33.8. The summed E-state index contributed by atoms with van der Waals surface area (Å²) < 4.78 is 11.9. The van der Waals surface area contributed by atoms with Gasteiger partial charge in [0.2, 0.25) is 17.7 Å². The molecule has 0 fully saturated rings. The summed E-state index contributed by atoms with van der Waals surface area (Å²) in [6, 6.07) is 7.80. The smallest absolute Gasteiger partial charge is 0.245 e. The first-order chi connectivity index (χ1) is 24.5. The first-order valence-corrected chi connectivity index (χ1v) is 19.1. The number of aliphatic hydroxyl groups is 1. The van der Waals surface area contributed by atoms with Gasteiger partial charge in [0, 0.05) is 45.8 Å². The molecule has 1 aliphatic rings. The molecule has 1 aromatic carbocycles. The van der Waals surface area contributed by atoms with Gasteiger partial charge in [0.25, 0.3) is 0 Å². The summed E-state index contributed by atoms with van der Waals surface area (Å²) in [6.07, 6.45) is 2.24. The molecule has 3 N–H and O–H groups in total. The van der Waals surface area contributed by atoms with Crippen molar-refractivity contribution in [3.05, 3.63) is 47.7 Å². The highest BCUT2D eigenvalue weighted by Crippen LogP contribution is 2.31. The number of nitrogens with zero attached hydrogens (tertiary/aromatic N) is 2. The van der Waals surface area contributed by atoms with Crippen LogP contribution in [-0.4, -0.2) is 104 Å². The van der Waals surface area contributed by atoms with Crippen LogP contribution in [0.15, 0.2) is 42.1 Å². The molecule has 0 saturated heterocycles. The van der Waals surface area contributed by atoms with Gasteiger partial charge in [-0.1, -0.05) is 98.2 Å². The van der Waals surface area contributed by atoms with Crippen LogP contribution in [0.25, 0.3) is 0 Å². The van der Waals surface area contributed by atoms with E-state index in [2.05, 4.69) is 10.6 Å². The molecule has 0 aromatic heterocycles. The molecule has 2 rings (SSSR count). The highest BCUT2D eigenvalue weighted by molar-refractivity contribution is 5.90. The summed E-state index contributed by atoms with van der Waals surface area (Å²) in [6.45, 7) is 16.0. The third-order valence-electron chi connectivity index (χ3n) is 10.9. The van der Waals surface area contributed by atoms with Crippen molar-refractivity contribution in [2.24, 2.45) is 29.6 Å². The van der Waals surface area contributed by atoms with Crippen molar-refractivity contribution >= 4 is 23.5 Å². The van der Waals surface area contributed by atoms with E-state index in [1.807, 2.05) is 91.8 Å². The van der Waals surface area contributed by atoms with Gasteiger partial charge in [-0.15, -0.1) is 0 Å². The highest BCUT2D eigenvalue weighted by Gasteiger charge is 2.40. The molecule has 52 heavy (non-hydrogen) atoms. The molecule has 9 atom stereocenters.